The van der Waals surface area contributed by atoms with Gasteiger partial charge in [0.15, 0.2) is 11.5 Å². The number of carbonyl (C=O) groups excluding carboxylic acids is 1. The van der Waals surface area contributed by atoms with Crippen LogP contribution in [-0.4, -0.2) is 34.4 Å². The van der Waals surface area contributed by atoms with Crippen LogP contribution in [0.15, 0.2) is 24.3 Å². The summed E-state index contributed by atoms with van der Waals surface area (Å²) in [6.45, 7) is 0.0869. The maximum absolute atomic E-state index is 11.1. The number of hydrogen-bond acceptors (Lipinski definition) is 4. The van der Waals surface area contributed by atoms with Crippen molar-refractivity contribution in [1.29, 1.82) is 0 Å². The zero-order valence-electron chi connectivity index (χ0n) is 8.55. The Bertz CT molecular complexity index is 401. The molecule has 0 bridgehead atoms. The molecule has 1 aromatic carbocycles. The number of aromatic hydroxyl groups is 2. The largest absolute Gasteiger partial charge is 0.504 e. The molecule has 1 rings (SSSR count). The summed E-state index contributed by atoms with van der Waals surface area (Å²) in [7, 11) is 0. The van der Waals surface area contributed by atoms with Gasteiger partial charge < -0.3 is 20.6 Å². The second-order valence-electron chi connectivity index (χ2n) is 3.10. The standard InChI is InChI=1S/C11H13NO4/c13-6-5-12-11(16)4-2-8-1-3-9(14)10(15)7-8/h1-4,7,13-15H,5-6H2,(H,12,16)/b4-2+. The van der Waals surface area contributed by atoms with Crippen LogP contribution in [0.5, 0.6) is 11.5 Å². The van der Waals surface area contributed by atoms with Gasteiger partial charge in [0.1, 0.15) is 0 Å². The highest BCUT2D eigenvalue weighted by Crippen LogP contribution is 2.25. The summed E-state index contributed by atoms with van der Waals surface area (Å²) < 4.78 is 0. The lowest BCUT2D eigenvalue weighted by Crippen LogP contribution is -2.24. The first-order valence-corrected chi connectivity index (χ1v) is 4.72. The minimum atomic E-state index is -0.332. The third-order valence-corrected chi connectivity index (χ3v) is 1.84. The molecule has 0 spiro atoms. The van der Waals surface area contributed by atoms with E-state index in [4.69, 9.17) is 10.2 Å². The van der Waals surface area contributed by atoms with E-state index in [1.807, 2.05) is 0 Å². The molecule has 0 fully saturated rings. The van der Waals surface area contributed by atoms with Crippen LogP contribution in [0.2, 0.25) is 0 Å². The van der Waals surface area contributed by atoms with Crippen LogP contribution in [0, 0.1) is 0 Å². The molecule has 5 nitrogen and oxygen atoms in total. The number of aliphatic hydroxyl groups is 1. The molecule has 86 valence electrons. The van der Waals surface area contributed by atoms with E-state index in [0.29, 0.717) is 5.56 Å². The Balaban J connectivity index is 2.62. The van der Waals surface area contributed by atoms with Gasteiger partial charge in [-0.25, -0.2) is 0 Å². The molecule has 16 heavy (non-hydrogen) atoms. The van der Waals surface area contributed by atoms with Gasteiger partial charge in [0.25, 0.3) is 0 Å². The first-order valence-electron chi connectivity index (χ1n) is 4.72. The Labute approximate surface area is 92.7 Å². The summed E-state index contributed by atoms with van der Waals surface area (Å²) in [5.41, 5.74) is 0.592. The van der Waals surface area contributed by atoms with Crippen LogP contribution < -0.4 is 5.32 Å². The van der Waals surface area contributed by atoms with E-state index in [0.717, 1.165) is 0 Å². The fourth-order valence-corrected chi connectivity index (χ4v) is 1.05. The molecule has 0 heterocycles. The van der Waals surface area contributed by atoms with E-state index in [1.165, 1.54) is 24.3 Å². The number of carbonyl (C=O) groups is 1. The summed E-state index contributed by atoms with van der Waals surface area (Å²) in [5, 5.41) is 29.2. The van der Waals surface area contributed by atoms with Gasteiger partial charge in [-0.1, -0.05) is 6.07 Å². The molecule has 1 amide bonds. The third kappa shape index (κ3) is 3.62. The Morgan fingerprint density at radius 1 is 1.31 bits per heavy atom. The van der Waals surface area contributed by atoms with Crippen LogP contribution in [0.1, 0.15) is 5.56 Å². The van der Waals surface area contributed by atoms with Gasteiger partial charge in [-0.15, -0.1) is 0 Å². The van der Waals surface area contributed by atoms with Gasteiger partial charge in [-0.3, -0.25) is 4.79 Å². The molecule has 0 atom stereocenters. The predicted molar refractivity (Wildman–Crippen MR) is 58.9 cm³/mol. The van der Waals surface area contributed by atoms with Crippen molar-refractivity contribution in [1.82, 2.24) is 5.32 Å². The van der Waals surface area contributed by atoms with E-state index in [9.17, 15) is 9.90 Å². The summed E-state index contributed by atoms with van der Waals surface area (Å²) in [6, 6.07) is 4.23. The third-order valence-electron chi connectivity index (χ3n) is 1.84. The number of phenolic OH excluding ortho intramolecular Hbond substituents is 2. The average molecular weight is 223 g/mol. The Kier molecular flexibility index (Phi) is 4.35. The van der Waals surface area contributed by atoms with E-state index < -0.39 is 0 Å². The molecule has 0 saturated carbocycles. The van der Waals surface area contributed by atoms with E-state index >= 15 is 0 Å². The van der Waals surface area contributed by atoms with Crippen LogP contribution >= 0.6 is 0 Å². The highest BCUT2D eigenvalue weighted by molar-refractivity contribution is 5.91. The fourth-order valence-electron chi connectivity index (χ4n) is 1.05. The Morgan fingerprint density at radius 2 is 2.06 bits per heavy atom. The molecule has 0 aliphatic heterocycles. The first kappa shape index (κ1) is 12.1. The van der Waals surface area contributed by atoms with Crippen molar-refractivity contribution < 1.29 is 20.1 Å². The lowest BCUT2D eigenvalue weighted by molar-refractivity contribution is -0.116. The summed E-state index contributed by atoms with van der Waals surface area (Å²) >= 11 is 0. The molecule has 0 aliphatic carbocycles. The minimum absolute atomic E-state index is 0.112. The van der Waals surface area contributed by atoms with Crippen molar-refractivity contribution in [3.05, 3.63) is 29.8 Å². The van der Waals surface area contributed by atoms with E-state index in [-0.39, 0.29) is 30.6 Å². The van der Waals surface area contributed by atoms with Gasteiger partial charge >= 0.3 is 0 Å². The zero-order valence-corrected chi connectivity index (χ0v) is 8.55. The Hall–Kier alpha value is -2.01. The van der Waals surface area contributed by atoms with Crippen molar-refractivity contribution in [2.75, 3.05) is 13.2 Å². The molecule has 0 unspecified atom stereocenters. The van der Waals surface area contributed by atoms with Crippen molar-refractivity contribution in [3.63, 3.8) is 0 Å². The van der Waals surface area contributed by atoms with Crippen LogP contribution in [0.25, 0.3) is 6.08 Å². The van der Waals surface area contributed by atoms with E-state index in [2.05, 4.69) is 5.32 Å². The van der Waals surface area contributed by atoms with Crippen LogP contribution in [0.4, 0.5) is 0 Å². The van der Waals surface area contributed by atoms with Gasteiger partial charge in [-0.05, 0) is 23.8 Å². The molecular weight excluding hydrogens is 210 g/mol. The van der Waals surface area contributed by atoms with Crippen LogP contribution in [-0.2, 0) is 4.79 Å². The fraction of sp³-hybridized carbons (Fsp3) is 0.182. The normalized spacial score (nSPS) is 10.6. The van der Waals surface area contributed by atoms with Crippen molar-refractivity contribution >= 4 is 12.0 Å². The minimum Gasteiger partial charge on any atom is -0.504 e. The first-order chi connectivity index (χ1) is 7.63. The summed E-state index contributed by atoms with van der Waals surface area (Å²) in [6.07, 6.45) is 2.77. The number of aliphatic hydroxyl groups excluding tert-OH is 1. The SMILES string of the molecule is O=C(/C=C/c1ccc(O)c(O)c1)NCCO. The van der Waals surface area contributed by atoms with Gasteiger partial charge in [-0.2, -0.15) is 0 Å². The summed E-state index contributed by atoms with van der Waals surface area (Å²) in [5.74, 6) is -0.776. The number of benzene rings is 1. The van der Waals surface area contributed by atoms with E-state index in [1.54, 1.807) is 6.07 Å². The van der Waals surface area contributed by atoms with Crippen molar-refractivity contribution in [3.8, 4) is 11.5 Å². The second kappa shape index (κ2) is 5.77. The maximum Gasteiger partial charge on any atom is 0.244 e. The Morgan fingerprint density at radius 3 is 2.69 bits per heavy atom. The highest BCUT2D eigenvalue weighted by Gasteiger charge is 1.98. The molecule has 0 radical (unpaired) electrons. The topological polar surface area (TPSA) is 89.8 Å². The molecule has 0 aliphatic rings. The van der Waals surface area contributed by atoms with Gasteiger partial charge in [0, 0.05) is 12.6 Å². The number of phenols is 2. The smallest absolute Gasteiger partial charge is 0.244 e. The summed E-state index contributed by atoms with van der Waals surface area (Å²) in [4.78, 5) is 11.1. The monoisotopic (exact) mass is 223 g/mol. The van der Waals surface area contributed by atoms with Crippen molar-refractivity contribution in [2.45, 2.75) is 0 Å². The lowest BCUT2D eigenvalue weighted by atomic mass is 10.2. The van der Waals surface area contributed by atoms with Gasteiger partial charge in [0.05, 0.1) is 6.61 Å². The average Bonchev–Trinajstić information content (AvgIpc) is 2.28. The quantitative estimate of drug-likeness (QED) is 0.434. The lowest BCUT2D eigenvalue weighted by Gasteiger charge is -1.99. The number of nitrogens with one attached hydrogen (secondary N) is 1. The molecular formula is C11H13NO4. The molecule has 4 N–H and O–H groups in total. The number of hydrogen-bond donors (Lipinski definition) is 4. The molecule has 5 heteroatoms. The number of rotatable bonds is 4. The molecule has 0 saturated heterocycles. The zero-order chi connectivity index (χ0) is 12.0. The van der Waals surface area contributed by atoms with Crippen LogP contribution in [0.3, 0.4) is 0 Å². The molecule has 0 aromatic heterocycles. The number of amides is 1. The second-order valence-corrected chi connectivity index (χ2v) is 3.10. The van der Waals surface area contributed by atoms with Crippen molar-refractivity contribution in [2.24, 2.45) is 0 Å². The van der Waals surface area contributed by atoms with Gasteiger partial charge in [0.2, 0.25) is 5.91 Å². The highest BCUT2D eigenvalue weighted by atomic mass is 16.3. The molecule has 1 aromatic rings. The predicted octanol–water partition coefficient (Wildman–Crippen LogP) is 0.219. The maximum atomic E-state index is 11.1.